The van der Waals surface area contributed by atoms with Crippen molar-refractivity contribution in [3.8, 4) is 5.75 Å². The molecule has 0 radical (unpaired) electrons. The van der Waals surface area contributed by atoms with Crippen molar-refractivity contribution in [3.05, 3.63) is 84.4 Å². The van der Waals surface area contributed by atoms with Gasteiger partial charge in [0, 0.05) is 0 Å². The van der Waals surface area contributed by atoms with Gasteiger partial charge in [0.05, 0.1) is 10.9 Å². The van der Waals surface area contributed by atoms with Gasteiger partial charge < -0.3 is 4.74 Å². The maximum Gasteiger partial charge on any atom is 0.166 e. The summed E-state index contributed by atoms with van der Waals surface area (Å²) in [5.41, 5.74) is 1.11. The lowest BCUT2D eigenvalue weighted by Crippen LogP contribution is -2.22. The van der Waals surface area contributed by atoms with Gasteiger partial charge in [-0.2, -0.15) is 0 Å². The minimum Gasteiger partial charge on any atom is -0.488 e. The summed E-state index contributed by atoms with van der Waals surface area (Å²) in [6.45, 7) is 8.34. The zero-order valence-corrected chi connectivity index (χ0v) is 16.1. The van der Waals surface area contributed by atoms with Crippen LogP contribution in [0.3, 0.4) is 0 Å². The van der Waals surface area contributed by atoms with Crippen molar-refractivity contribution >= 4 is 10.9 Å². The van der Waals surface area contributed by atoms with Gasteiger partial charge in [-0.05, 0) is 76.2 Å². The number of rotatable bonds is 4. The molecule has 0 N–H and O–H groups in total. The lowest BCUT2D eigenvalue weighted by Gasteiger charge is -2.21. The Kier molecular flexibility index (Phi) is 5.19. The second kappa shape index (κ2) is 7.37. The molecule has 0 fully saturated rings. The SMILES string of the molecule is Cc1ccc([S+](c2ccccc2)c2ccc(OC(C)(C)C)cc2)cc1. The van der Waals surface area contributed by atoms with Crippen LogP contribution in [0.1, 0.15) is 26.3 Å². The first-order valence-electron chi connectivity index (χ1n) is 8.57. The van der Waals surface area contributed by atoms with Gasteiger partial charge in [-0.25, -0.2) is 0 Å². The Morgan fingerprint density at radius 3 is 1.64 bits per heavy atom. The van der Waals surface area contributed by atoms with Crippen LogP contribution in [0, 0.1) is 6.92 Å². The van der Waals surface area contributed by atoms with E-state index in [0.717, 1.165) is 5.75 Å². The smallest absolute Gasteiger partial charge is 0.166 e. The monoisotopic (exact) mass is 349 g/mol. The molecular formula is C23H25OS+. The molecule has 0 aliphatic rings. The van der Waals surface area contributed by atoms with Crippen molar-refractivity contribution in [1.29, 1.82) is 0 Å². The van der Waals surface area contributed by atoms with E-state index in [1.165, 1.54) is 20.2 Å². The highest BCUT2D eigenvalue weighted by molar-refractivity contribution is 7.97. The molecule has 1 atom stereocenters. The third-order valence-corrected chi connectivity index (χ3v) is 5.95. The molecule has 0 amide bonds. The molecule has 0 aliphatic heterocycles. The van der Waals surface area contributed by atoms with Gasteiger partial charge in [-0.1, -0.05) is 35.9 Å². The molecule has 128 valence electrons. The van der Waals surface area contributed by atoms with Crippen molar-refractivity contribution in [2.75, 3.05) is 0 Å². The predicted molar refractivity (Wildman–Crippen MR) is 107 cm³/mol. The lowest BCUT2D eigenvalue weighted by molar-refractivity contribution is 0.131. The first-order valence-corrected chi connectivity index (χ1v) is 9.80. The molecule has 0 aromatic heterocycles. The highest BCUT2D eigenvalue weighted by atomic mass is 32.2. The molecule has 3 rings (SSSR count). The maximum absolute atomic E-state index is 5.97. The summed E-state index contributed by atoms with van der Waals surface area (Å²) in [6.07, 6.45) is 0. The third-order valence-electron chi connectivity index (χ3n) is 3.72. The second-order valence-corrected chi connectivity index (χ2v) is 9.14. The van der Waals surface area contributed by atoms with Crippen molar-refractivity contribution in [2.45, 2.75) is 48.0 Å². The summed E-state index contributed by atoms with van der Waals surface area (Å²) in [5.74, 6) is 0.914. The van der Waals surface area contributed by atoms with E-state index in [4.69, 9.17) is 4.74 Å². The van der Waals surface area contributed by atoms with Gasteiger partial charge in [-0.15, -0.1) is 0 Å². The molecule has 3 aromatic carbocycles. The highest BCUT2D eigenvalue weighted by Gasteiger charge is 2.28. The van der Waals surface area contributed by atoms with Crippen LogP contribution >= 0.6 is 0 Å². The molecule has 25 heavy (non-hydrogen) atoms. The zero-order valence-electron chi connectivity index (χ0n) is 15.3. The minimum atomic E-state index is -0.181. The number of hydrogen-bond acceptors (Lipinski definition) is 1. The maximum atomic E-state index is 5.97. The van der Waals surface area contributed by atoms with Crippen molar-refractivity contribution in [2.24, 2.45) is 0 Å². The van der Waals surface area contributed by atoms with Crippen LogP contribution < -0.4 is 4.74 Å². The van der Waals surface area contributed by atoms with E-state index in [9.17, 15) is 0 Å². The average Bonchev–Trinajstić information content (AvgIpc) is 2.58. The molecule has 0 saturated heterocycles. The lowest BCUT2D eigenvalue weighted by atomic mass is 10.2. The fraction of sp³-hybridized carbons (Fsp3) is 0.217. The Hall–Kier alpha value is -2.19. The zero-order chi connectivity index (χ0) is 17.9. The normalized spacial score (nSPS) is 12.6. The van der Waals surface area contributed by atoms with Gasteiger partial charge >= 0.3 is 0 Å². The Labute approximate surface area is 154 Å². The summed E-state index contributed by atoms with van der Waals surface area (Å²) < 4.78 is 5.97. The average molecular weight is 350 g/mol. The fourth-order valence-corrected chi connectivity index (χ4v) is 4.70. The molecule has 0 bridgehead atoms. The van der Waals surface area contributed by atoms with Crippen molar-refractivity contribution < 1.29 is 4.74 Å². The molecule has 1 nitrogen and oxygen atoms in total. The van der Waals surface area contributed by atoms with Crippen LogP contribution in [0.15, 0.2) is 93.5 Å². The van der Waals surface area contributed by atoms with Crippen LogP contribution in [-0.4, -0.2) is 5.60 Å². The van der Waals surface area contributed by atoms with Crippen LogP contribution in [-0.2, 0) is 10.9 Å². The van der Waals surface area contributed by atoms with Crippen LogP contribution in [0.2, 0.25) is 0 Å². The predicted octanol–water partition coefficient (Wildman–Crippen LogP) is 6.27. The molecule has 1 unspecified atom stereocenters. The number of aryl methyl sites for hydroxylation is 1. The largest absolute Gasteiger partial charge is 0.488 e. The van der Waals surface area contributed by atoms with E-state index >= 15 is 0 Å². The van der Waals surface area contributed by atoms with Crippen LogP contribution in [0.5, 0.6) is 5.75 Å². The fourth-order valence-electron chi connectivity index (χ4n) is 2.64. The van der Waals surface area contributed by atoms with Gasteiger partial charge in [0.2, 0.25) is 0 Å². The Bertz CT molecular complexity index is 799. The summed E-state index contributed by atoms with van der Waals surface area (Å²) >= 11 is 0. The van der Waals surface area contributed by atoms with Crippen molar-refractivity contribution in [3.63, 3.8) is 0 Å². The molecule has 2 heteroatoms. The summed E-state index contributed by atoms with van der Waals surface area (Å²) in [5, 5.41) is 0. The Morgan fingerprint density at radius 1 is 0.640 bits per heavy atom. The van der Waals surface area contributed by atoms with Crippen LogP contribution in [0.4, 0.5) is 0 Å². The molecule has 0 saturated carbocycles. The van der Waals surface area contributed by atoms with E-state index in [1.807, 2.05) is 0 Å². The van der Waals surface area contributed by atoms with Crippen molar-refractivity contribution in [1.82, 2.24) is 0 Å². The van der Waals surface area contributed by atoms with E-state index < -0.39 is 0 Å². The first kappa shape index (κ1) is 17.6. The standard InChI is InChI=1S/C23H25OS/c1-18-10-14-21(15-11-18)25(20-8-6-5-7-9-20)22-16-12-19(13-17-22)24-23(2,3)4/h5-17H,1-4H3/q+1. The summed E-state index contributed by atoms with van der Waals surface area (Å²) in [7, 11) is -0.110. The highest BCUT2D eigenvalue weighted by Crippen LogP contribution is 2.32. The van der Waals surface area contributed by atoms with E-state index in [-0.39, 0.29) is 16.5 Å². The third kappa shape index (κ3) is 4.67. The van der Waals surface area contributed by atoms with E-state index in [1.54, 1.807) is 0 Å². The Balaban J connectivity index is 1.99. The topological polar surface area (TPSA) is 9.23 Å². The number of benzene rings is 3. The van der Waals surface area contributed by atoms with E-state index in [0.29, 0.717) is 0 Å². The quantitative estimate of drug-likeness (QED) is 0.505. The number of hydrogen-bond donors (Lipinski definition) is 0. The van der Waals surface area contributed by atoms with Gasteiger partial charge in [-0.3, -0.25) is 0 Å². The summed E-state index contributed by atoms with van der Waals surface area (Å²) in [6, 6.07) is 28.1. The second-order valence-electron chi connectivity index (χ2n) is 7.12. The van der Waals surface area contributed by atoms with Crippen LogP contribution in [0.25, 0.3) is 0 Å². The van der Waals surface area contributed by atoms with Gasteiger partial charge in [0.15, 0.2) is 14.7 Å². The Morgan fingerprint density at radius 2 is 1.12 bits per heavy atom. The molecule has 0 spiro atoms. The van der Waals surface area contributed by atoms with Gasteiger partial charge in [0.25, 0.3) is 0 Å². The molecule has 0 heterocycles. The minimum absolute atomic E-state index is 0.110. The summed E-state index contributed by atoms with van der Waals surface area (Å²) in [4.78, 5) is 3.97. The van der Waals surface area contributed by atoms with E-state index in [2.05, 4.69) is 107 Å². The first-order chi connectivity index (χ1) is 11.9. The molecule has 0 aliphatic carbocycles. The number of ether oxygens (including phenoxy) is 1. The molecule has 3 aromatic rings. The molecular weight excluding hydrogens is 324 g/mol. The van der Waals surface area contributed by atoms with Gasteiger partial charge in [0.1, 0.15) is 11.4 Å².